The molecule has 2 atom stereocenters. The van der Waals surface area contributed by atoms with Gasteiger partial charge in [0.05, 0.1) is 18.8 Å². The molecule has 0 unspecified atom stereocenters. The molecule has 1 aliphatic rings. The van der Waals surface area contributed by atoms with Crippen LogP contribution in [0.25, 0.3) is 0 Å². The van der Waals surface area contributed by atoms with Gasteiger partial charge >= 0.3 is 6.03 Å². The third kappa shape index (κ3) is 3.73. The molecule has 0 saturated carbocycles. The second-order valence-electron chi connectivity index (χ2n) is 6.14. The number of rotatable bonds is 5. The Balaban J connectivity index is 1.54. The van der Waals surface area contributed by atoms with Crippen molar-refractivity contribution in [1.29, 1.82) is 0 Å². The number of nitrogens with zero attached hydrogens (tertiary/aromatic N) is 2. The Morgan fingerprint density at radius 3 is 2.96 bits per heavy atom. The third-order valence-electron chi connectivity index (χ3n) is 4.02. The van der Waals surface area contributed by atoms with Gasteiger partial charge in [0.1, 0.15) is 0 Å². The number of imidazole rings is 1. The molecule has 0 aliphatic carbocycles. The highest BCUT2D eigenvalue weighted by Gasteiger charge is 2.19. The van der Waals surface area contributed by atoms with Crippen LogP contribution in [-0.2, 0) is 17.8 Å². The van der Waals surface area contributed by atoms with Crippen molar-refractivity contribution in [1.82, 2.24) is 20.2 Å². The molecule has 1 aromatic carbocycles. The van der Waals surface area contributed by atoms with Crippen molar-refractivity contribution in [2.75, 3.05) is 5.32 Å². The van der Waals surface area contributed by atoms with Crippen molar-refractivity contribution in [3.8, 4) is 0 Å². The molecule has 0 fully saturated rings. The van der Waals surface area contributed by atoms with Crippen LogP contribution in [0.4, 0.5) is 10.5 Å². The van der Waals surface area contributed by atoms with Gasteiger partial charge < -0.3 is 20.5 Å². The summed E-state index contributed by atoms with van der Waals surface area (Å²) in [5.74, 6) is 0.00818. The van der Waals surface area contributed by atoms with Crippen LogP contribution in [0.3, 0.4) is 0 Å². The first-order valence-corrected chi connectivity index (χ1v) is 7.96. The first-order valence-electron chi connectivity index (χ1n) is 7.96. The lowest BCUT2D eigenvalue weighted by atomic mass is 10.0. The summed E-state index contributed by atoms with van der Waals surface area (Å²) < 4.78 is 1.92. The van der Waals surface area contributed by atoms with Crippen LogP contribution in [0.2, 0.25) is 0 Å². The standard InChI is InChI=1S/C17H21N5O2/c1-11(9-22-6-5-18-10-22)19-17(24)20-12(2)13-3-4-15-14(7-13)8-16(23)21-15/h3-7,10-12H,8-9H2,1-2H3,(H,21,23)(H2,19,20,24)/t11-,12-/m0/s1. The van der Waals surface area contributed by atoms with E-state index in [1.54, 1.807) is 12.5 Å². The average molecular weight is 327 g/mol. The zero-order valence-corrected chi connectivity index (χ0v) is 13.7. The lowest BCUT2D eigenvalue weighted by Gasteiger charge is -2.19. The molecule has 0 saturated heterocycles. The molecule has 7 nitrogen and oxygen atoms in total. The SMILES string of the molecule is C[C@H](NC(=O)N[C@@H](C)Cn1ccnc1)c1ccc2c(c1)CC(=O)N2. The lowest BCUT2D eigenvalue weighted by Crippen LogP contribution is -2.43. The molecule has 0 bridgehead atoms. The van der Waals surface area contributed by atoms with Crippen molar-refractivity contribution in [3.05, 3.63) is 48.0 Å². The number of anilines is 1. The normalized spacial score (nSPS) is 15.3. The number of amides is 3. The van der Waals surface area contributed by atoms with Gasteiger partial charge in [-0.15, -0.1) is 0 Å². The molecule has 7 heteroatoms. The maximum atomic E-state index is 12.1. The van der Waals surface area contributed by atoms with Gasteiger partial charge in [0.2, 0.25) is 5.91 Å². The second-order valence-corrected chi connectivity index (χ2v) is 6.14. The van der Waals surface area contributed by atoms with E-state index < -0.39 is 0 Å². The lowest BCUT2D eigenvalue weighted by molar-refractivity contribution is -0.115. The molecule has 126 valence electrons. The van der Waals surface area contributed by atoms with Gasteiger partial charge in [-0.25, -0.2) is 9.78 Å². The summed E-state index contributed by atoms with van der Waals surface area (Å²) in [6.07, 6.45) is 5.68. The molecule has 0 radical (unpaired) electrons. The molecule has 3 amide bonds. The molecule has 2 heterocycles. The Bertz CT molecular complexity index is 741. The predicted molar refractivity (Wildman–Crippen MR) is 90.5 cm³/mol. The van der Waals surface area contributed by atoms with Crippen molar-refractivity contribution in [3.63, 3.8) is 0 Å². The highest BCUT2D eigenvalue weighted by molar-refractivity contribution is 5.99. The number of urea groups is 1. The van der Waals surface area contributed by atoms with Gasteiger partial charge in [-0.2, -0.15) is 0 Å². The van der Waals surface area contributed by atoms with E-state index in [0.717, 1.165) is 16.8 Å². The topological polar surface area (TPSA) is 88.1 Å². The monoisotopic (exact) mass is 327 g/mol. The molecule has 0 spiro atoms. The van der Waals surface area contributed by atoms with E-state index in [0.29, 0.717) is 13.0 Å². The van der Waals surface area contributed by atoms with E-state index in [4.69, 9.17) is 0 Å². The summed E-state index contributed by atoms with van der Waals surface area (Å²) in [5.41, 5.74) is 2.80. The Morgan fingerprint density at radius 1 is 1.38 bits per heavy atom. The van der Waals surface area contributed by atoms with Crippen LogP contribution in [0.15, 0.2) is 36.9 Å². The van der Waals surface area contributed by atoms with Crippen LogP contribution in [0, 0.1) is 0 Å². The Hall–Kier alpha value is -2.83. The zero-order chi connectivity index (χ0) is 17.1. The first kappa shape index (κ1) is 16.0. The fraction of sp³-hybridized carbons (Fsp3) is 0.353. The van der Waals surface area contributed by atoms with E-state index in [9.17, 15) is 9.59 Å². The molecule has 24 heavy (non-hydrogen) atoms. The molecular formula is C17H21N5O2. The number of nitrogens with one attached hydrogen (secondary N) is 3. The summed E-state index contributed by atoms with van der Waals surface area (Å²) in [7, 11) is 0. The fourth-order valence-corrected chi connectivity index (χ4v) is 2.82. The number of aromatic nitrogens is 2. The first-order chi connectivity index (χ1) is 11.5. The smallest absolute Gasteiger partial charge is 0.315 e. The van der Waals surface area contributed by atoms with Crippen LogP contribution >= 0.6 is 0 Å². The average Bonchev–Trinajstić information content (AvgIpc) is 3.13. The maximum Gasteiger partial charge on any atom is 0.315 e. The number of carbonyl (C=O) groups is 2. The highest BCUT2D eigenvalue weighted by Crippen LogP contribution is 2.26. The van der Waals surface area contributed by atoms with E-state index >= 15 is 0 Å². The van der Waals surface area contributed by atoms with Gasteiger partial charge in [0.25, 0.3) is 0 Å². The fourth-order valence-electron chi connectivity index (χ4n) is 2.82. The Kier molecular flexibility index (Phi) is 4.50. The molecule has 3 rings (SSSR count). The molecule has 2 aromatic rings. The number of carbonyl (C=O) groups excluding carboxylic acids is 2. The van der Waals surface area contributed by atoms with Gasteiger partial charge in [-0.05, 0) is 31.0 Å². The van der Waals surface area contributed by atoms with E-state index in [1.807, 2.05) is 42.8 Å². The Labute approximate surface area is 140 Å². The van der Waals surface area contributed by atoms with Crippen molar-refractivity contribution < 1.29 is 9.59 Å². The Morgan fingerprint density at radius 2 is 2.21 bits per heavy atom. The number of hydrogen-bond acceptors (Lipinski definition) is 3. The van der Waals surface area contributed by atoms with Gasteiger partial charge in [-0.3, -0.25) is 4.79 Å². The maximum absolute atomic E-state index is 12.1. The largest absolute Gasteiger partial charge is 0.335 e. The second kappa shape index (κ2) is 6.74. The van der Waals surface area contributed by atoms with Crippen LogP contribution in [0.5, 0.6) is 0 Å². The zero-order valence-electron chi connectivity index (χ0n) is 13.7. The van der Waals surface area contributed by atoms with Crippen molar-refractivity contribution in [2.45, 2.75) is 38.9 Å². The molecule has 1 aromatic heterocycles. The van der Waals surface area contributed by atoms with Gasteiger partial charge in [0.15, 0.2) is 0 Å². The van der Waals surface area contributed by atoms with Crippen LogP contribution in [-0.4, -0.2) is 27.5 Å². The summed E-state index contributed by atoms with van der Waals surface area (Å²) in [5, 5.41) is 8.65. The minimum absolute atomic E-state index is 0.00818. The van der Waals surface area contributed by atoms with Gasteiger partial charge in [-0.1, -0.05) is 12.1 Å². The van der Waals surface area contributed by atoms with Crippen LogP contribution in [0.1, 0.15) is 31.0 Å². The summed E-state index contributed by atoms with van der Waals surface area (Å²) in [6, 6.07) is 5.38. The number of hydrogen-bond donors (Lipinski definition) is 3. The summed E-state index contributed by atoms with van der Waals surface area (Å²) in [6.45, 7) is 4.53. The number of benzene rings is 1. The van der Waals surface area contributed by atoms with Gasteiger partial charge in [0, 0.05) is 30.7 Å². The van der Waals surface area contributed by atoms with Crippen molar-refractivity contribution in [2.24, 2.45) is 0 Å². The van der Waals surface area contributed by atoms with Crippen molar-refractivity contribution >= 4 is 17.6 Å². The number of fused-ring (bicyclic) bond motifs is 1. The summed E-state index contributed by atoms with van der Waals surface area (Å²) >= 11 is 0. The minimum Gasteiger partial charge on any atom is -0.335 e. The minimum atomic E-state index is -0.218. The quantitative estimate of drug-likeness (QED) is 0.783. The highest BCUT2D eigenvalue weighted by atomic mass is 16.2. The van der Waals surface area contributed by atoms with E-state index in [1.165, 1.54) is 0 Å². The molecule has 1 aliphatic heterocycles. The molecule has 3 N–H and O–H groups in total. The van der Waals surface area contributed by atoms with Crippen LogP contribution < -0.4 is 16.0 Å². The van der Waals surface area contributed by atoms with E-state index in [2.05, 4.69) is 20.9 Å². The molecular weight excluding hydrogens is 306 g/mol. The predicted octanol–water partition coefficient (Wildman–Crippen LogP) is 1.83. The summed E-state index contributed by atoms with van der Waals surface area (Å²) in [4.78, 5) is 27.5. The van der Waals surface area contributed by atoms with E-state index in [-0.39, 0.29) is 24.0 Å². The third-order valence-corrected chi connectivity index (χ3v) is 4.02.